The van der Waals surface area contributed by atoms with E-state index in [-0.39, 0.29) is 6.03 Å². The van der Waals surface area contributed by atoms with E-state index in [9.17, 15) is 13.6 Å². The summed E-state index contributed by atoms with van der Waals surface area (Å²) < 4.78 is 26.5. The normalized spacial score (nSPS) is 23.0. The molecule has 3 rings (SSSR count). The lowest BCUT2D eigenvalue weighted by Gasteiger charge is -2.30. The van der Waals surface area contributed by atoms with Crippen LogP contribution in [0.1, 0.15) is 32.6 Å². The zero-order valence-corrected chi connectivity index (χ0v) is 16.7. The Kier molecular flexibility index (Phi) is 7.48. The molecule has 2 saturated heterocycles. The first-order chi connectivity index (χ1) is 13.5. The van der Waals surface area contributed by atoms with E-state index in [1.807, 2.05) is 4.90 Å². The molecule has 2 amide bonds. The first kappa shape index (κ1) is 20.8. The van der Waals surface area contributed by atoms with Crippen LogP contribution in [0.5, 0.6) is 0 Å². The predicted molar refractivity (Wildman–Crippen MR) is 108 cm³/mol. The van der Waals surface area contributed by atoms with Crippen LogP contribution in [-0.2, 0) is 0 Å². The first-order valence-corrected chi connectivity index (χ1v) is 10.5. The molecule has 2 N–H and O–H groups in total. The molecular formula is C21H32F2N4O. The molecule has 0 unspecified atom stereocenters. The summed E-state index contributed by atoms with van der Waals surface area (Å²) in [5.74, 6) is -0.554. The second kappa shape index (κ2) is 10.0. The molecule has 7 heteroatoms. The summed E-state index contributed by atoms with van der Waals surface area (Å²) in [6.07, 6.45) is 4.49. The molecular weight excluding hydrogens is 362 g/mol. The van der Waals surface area contributed by atoms with Crippen LogP contribution in [0.4, 0.5) is 19.3 Å². The maximum absolute atomic E-state index is 13.4. The number of hydrogen-bond acceptors (Lipinski definition) is 3. The van der Waals surface area contributed by atoms with Crippen LogP contribution < -0.4 is 15.5 Å². The van der Waals surface area contributed by atoms with E-state index in [0.29, 0.717) is 24.7 Å². The molecule has 0 radical (unpaired) electrons. The first-order valence-electron chi connectivity index (χ1n) is 10.5. The topological polar surface area (TPSA) is 47.6 Å². The standard InChI is InChI=1S/C21H32F2N4O/c1-16-4-2-9-26(14-16)10-3-8-24-21(28)25-13-17-7-11-27(15-17)18-5-6-19(22)20(23)12-18/h5-6,12,16-17H,2-4,7-11,13-15H2,1H3,(H2,24,25,28)/t16-,17+/m0/s1. The SMILES string of the molecule is C[C@H]1CCCN(CCCNC(=O)NC[C@H]2CCN(c3ccc(F)c(F)c3)C2)C1. The molecule has 0 saturated carbocycles. The van der Waals surface area contributed by atoms with Gasteiger partial charge in [-0.05, 0) is 62.7 Å². The Bertz CT molecular complexity index is 657. The van der Waals surface area contributed by atoms with Crippen LogP contribution in [0.25, 0.3) is 0 Å². The molecule has 2 heterocycles. The monoisotopic (exact) mass is 394 g/mol. The summed E-state index contributed by atoms with van der Waals surface area (Å²) >= 11 is 0. The zero-order chi connectivity index (χ0) is 19.9. The van der Waals surface area contributed by atoms with Crippen LogP contribution in [0.15, 0.2) is 18.2 Å². The van der Waals surface area contributed by atoms with Crippen molar-refractivity contribution in [3.8, 4) is 0 Å². The minimum atomic E-state index is -0.826. The zero-order valence-electron chi connectivity index (χ0n) is 16.7. The molecule has 5 nitrogen and oxygen atoms in total. The van der Waals surface area contributed by atoms with Gasteiger partial charge in [0.1, 0.15) is 0 Å². The Morgan fingerprint density at radius 3 is 2.79 bits per heavy atom. The number of nitrogens with zero attached hydrogens (tertiary/aromatic N) is 2. The fourth-order valence-electron chi connectivity index (χ4n) is 4.21. The molecule has 0 aromatic heterocycles. The number of piperidine rings is 1. The second-order valence-corrected chi connectivity index (χ2v) is 8.24. The van der Waals surface area contributed by atoms with E-state index in [0.717, 1.165) is 44.5 Å². The number of anilines is 1. The lowest BCUT2D eigenvalue weighted by molar-refractivity contribution is 0.181. The fourth-order valence-corrected chi connectivity index (χ4v) is 4.21. The van der Waals surface area contributed by atoms with Gasteiger partial charge in [0.2, 0.25) is 0 Å². The quantitative estimate of drug-likeness (QED) is 0.698. The van der Waals surface area contributed by atoms with Gasteiger partial charge in [0.15, 0.2) is 11.6 Å². The average Bonchev–Trinajstić information content (AvgIpc) is 3.15. The maximum Gasteiger partial charge on any atom is 0.314 e. The highest BCUT2D eigenvalue weighted by molar-refractivity contribution is 5.73. The van der Waals surface area contributed by atoms with Crippen molar-refractivity contribution in [1.82, 2.24) is 15.5 Å². The Balaban J connectivity index is 1.29. The van der Waals surface area contributed by atoms with Gasteiger partial charge < -0.3 is 20.4 Å². The van der Waals surface area contributed by atoms with Gasteiger partial charge >= 0.3 is 6.03 Å². The van der Waals surface area contributed by atoms with Crippen molar-refractivity contribution < 1.29 is 13.6 Å². The molecule has 1 aromatic rings. The van der Waals surface area contributed by atoms with Gasteiger partial charge in [0, 0.05) is 44.5 Å². The summed E-state index contributed by atoms with van der Waals surface area (Å²) in [4.78, 5) is 16.5. The number of amides is 2. The Labute approximate surface area is 166 Å². The molecule has 156 valence electrons. The number of nitrogens with one attached hydrogen (secondary N) is 2. The third kappa shape index (κ3) is 6.06. The van der Waals surface area contributed by atoms with Crippen molar-refractivity contribution >= 4 is 11.7 Å². The van der Waals surface area contributed by atoms with Gasteiger partial charge in [-0.15, -0.1) is 0 Å². The third-order valence-corrected chi connectivity index (χ3v) is 5.78. The molecule has 0 aliphatic carbocycles. The predicted octanol–water partition coefficient (Wildman–Crippen LogP) is 3.21. The van der Waals surface area contributed by atoms with Crippen LogP contribution in [0.2, 0.25) is 0 Å². The van der Waals surface area contributed by atoms with E-state index < -0.39 is 11.6 Å². The van der Waals surface area contributed by atoms with Gasteiger partial charge in [-0.2, -0.15) is 0 Å². The molecule has 0 bridgehead atoms. The Morgan fingerprint density at radius 1 is 1.14 bits per heavy atom. The summed E-state index contributed by atoms with van der Waals surface area (Å²) in [5, 5.41) is 5.87. The van der Waals surface area contributed by atoms with Crippen LogP contribution >= 0.6 is 0 Å². The van der Waals surface area contributed by atoms with Gasteiger partial charge in [0.05, 0.1) is 0 Å². The molecule has 2 aliphatic heterocycles. The lowest BCUT2D eigenvalue weighted by atomic mass is 10.0. The van der Waals surface area contributed by atoms with Crippen LogP contribution in [0, 0.1) is 23.5 Å². The molecule has 28 heavy (non-hydrogen) atoms. The molecule has 1 aromatic carbocycles. The molecule has 2 fully saturated rings. The van der Waals surface area contributed by atoms with Gasteiger partial charge in [-0.25, -0.2) is 13.6 Å². The smallest absolute Gasteiger partial charge is 0.314 e. The van der Waals surface area contributed by atoms with Crippen molar-refractivity contribution in [2.75, 3.05) is 50.7 Å². The second-order valence-electron chi connectivity index (χ2n) is 8.24. The number of carbonyl (C=O) groups excluding carboxylic acids is 1. The summed E-state index contributed by atoms with van der Waals surface area (Å²) in [6.45, 7) is 8.48. The van der Waals surface area contributed by atoms with E-state index in [1.54, 1.807) is 6.07 Å². The van der Waals surface area contributed by atoms with Crippen LogP contribution in [-0.4, -0.2) is 56.7 Å². The number of likely N-dealkylation sites (tertiary alicyclic amines) is 1. The minimum absolute atomic E-state index is 0.127. The van der Waals surface area contributed by atoms with Crippen LogP contribution in [0.3, 0.4) is 0 Å². The lowest BCUT2D eigenvalue weighted by Crippen LogP contribution is -2.40. The molecule has 2 atom stereocenters. The van der Waals surface area contributed by atoms with E-state index >= 15 is 0 Å². The van der Waals surface area contributed by atoms with Gasteiger partial charge in [0.25, 0.3) is 0 Å². The molecule has 0 spiro atoms. The van der Waals surface area contributed by atoms with Gasteiger partial charge in [-0.1, -0.05) is 6.92 Å². The van der Waals surface area contributed by atoms with E-state index in [2.05, 4.69) is 22.5 Å². The number of hydrogen-bond donors (Lipinski definition) is 2. The number of urea groups is 1. The largest absolute Gasteiger partial charge is 0.371 e. The number of carbonyl (C=O) groups is 1. The summed E-state index contributed by atoms with van der Waals surface area (Å²) in [7, 11) is 0. The Morgan fingerprint density at radius 2 is 2.00 bits per heavy atom. The van der Waals surface area contributed by atoms with Crippen molar-refractivity contribution in [3.63, 3.8) is 0 Å². The summed E-state index contributed by atoms with van der Waals surface area (Å²) in [6, 6.07) is 3.87. The number of rotatable bonds is 7. The van der Waals surface area contributed by atoms with E-state index in [1.165, 1.54) is 32.0 Å². The fraction of sp³-hybridized carbons (Fsp3) is 0.667. The number of benzene rings is 1. The maximum atomic E-state index is 13.4. The average molecular weight is 395 g/mol. The van der Waals surface area contributed by atoms with Crippen molar-refractivity contribution in [1.29, 1.82) is 0 Å². The van der Waals surface area contributed by atoms with E-state index in [4.69, 9.17) is 0 Å². The minimum Gasteiger partial charge on any atom is -0.371 e. The number of halogens is 2. The highest BCUT2D eigenvalue weighted by Gasteiger charge is 2.23. The highest BCUT2D eigenvalue weighted by Crippen LogP contribution is 2.25. The highest BCUT2D eigenvalue weighted by atomic mass is 19.2. The Hall–Kier alpha value is -1.89. The third-order valence-electron chi connectivity index (χ3n) is 5.78. The summed E-state index contributed by atoms with van der Waals surface area (Å²) in [5.41, 5.74) is 0.692. The molecule has 2 aliphatic rings. The van der Waals surface area contributed by atoms with Crippen molar-refractivity contribution in [2.45, 2.75) is 32.6 Å². The van der Waals surface area contributed by atoms with Crippen molar-refractivity contribution in [3.05, 3.63) is 29.8 Å². The van der Waals surface area contributed by atoms with Gasteiger partial charge in [-0.3, -0.25) is 0 Å². The van der Waals surface area contributed by atoms with Crippen molar-refractivity contribution in [2.24, 2.45) is 11.8 Å².